The highest BCUT2D eigenvalue weighted by atomic mass is 16.7. The molecule has 1 heterocycles. The zero-order chi connectivity index (χ0) is 20.6. The number of phenols is 1. The minimum absolute atomic E-state index is 0.154. The number of phenolic OH excluding ortho intramolecular Hbond substituents is 1. The van der Waals surface area contributed by atoms with Gasteiger partial charge < -0.3 is 24.2 Å². The monoisotopic (exact) mass is 397 g/mol. The normalized spacial score (nSPS) is 16.6. The Bertz CT molecular complexity index is 842. The van der Waals surface area contributed by atoms with Gasteiger partial charge in [0.2, 0.25) is 0 Å². The van der Waals surface area contributed by atoms with Crippen LogP contribution in [0.5, 0.6) is 17.2 Å². The minimum atomic E-state index is -0.396. The Labute approximate surface area is 171 Å². The van der Waals surface area contributed by atoms with E-state index in [0.717, 1.165) is 24.8 Å². The Morgan fingerprint density at radius 2 is 2.00 bits per heavy atom. The lowest BCUT2D eigenvalue weighted by Gasteiger charge is -2.25. The predicted molar refractivity (Wildman–Crippen MR) is 110 cm³/mol. The summed E-state index contributed by atoms with van der Waals surface area (Å²) >= 11 is 0. The highest BCUT2D eigenvalue weighted by Gasteiger charge is 2.21. The molecular formula is C23H27NO5. The second-order valence-corrected chi connectivity index (χ2v) is 7.15. The van der Waals surface area contributed by atoms with Gasteiger partial charge in [0.1, 0.15) is 12.4 Å². The summed E-state index contributed by atoms with van der Waals surface area (Å²) in [5.41, 5.74) is 1.14. The molecule has 1 N–H and O–H groups in total. The summed E-state index contributed by atoms with van der Waals surface area (Å²) in [6.07, 6.45) is 5.43. The maximum absolute atomic E-state index is 12.5. The van der Waals surface area contributed by atoms with Gasteiger partial charge in [-0.05, 0) is 24.5 Å². The predicted octanol–water partition coefficient (Wildman–Crippen LogP) is 4.13. The molecule has 2 aromatic carbocycles. The Hall–Kier alpha value is -2.99. The van der Waals surface area contributed by atoms with Crippen molar-refractivity contribution in [3.05, 3.63) is 65.9 Å². The van der Waals surface area contributed by atoms with Crippen LogP contribution in [-0.4, -0.2) is 42.8 Å². The molecule has 1 unspecified atom stereocenters. The largest absolute Gasteiger partial charge is 0.507 e. The van der Waals surface area contributed by atoms with Crippen LogP contribution in [-0.2, 0) is 11.3 Å². The van der Waals surface area contributed by atoms with Crippen molar-refractivity contribution in [3.63, 3.8) is 0 Å². The molecule has 3 rings (SSSR count). The lowest BCUT2D eigenvalue weighted by molar-refractivity contribution is -0.106. The van der Waals surface area contributed by atoms with E-state index >= 15 is 0 Å². The van der Waals surface area contributed by atoms with E-state index in [4.69, 9.17) is 14.2 Å². The smallest absolute Gasteiger partial charge is 0.200 e. The third-order valence-electron chi connectivity index (χ3n) is 4.49. The van der Waals surface area contributed by atoms with Gasteiger partial charge in [0.15, 0.2) is 23.6 Å². The standard InChI is InChI=1S/C23H27NO5/c1-24(2)12-11-19(25)18-14-22(29-23-10-6-7-13-27-23)21(15-20(18)26)28-16-17-8-4-3-5-9-17/h3-5,8-9,11-12,14-15,23,26H,6-7,10,13,16H2,1-2H3/b12-11+. The van der Waals surface area contributed by atoms with E-state index in [2.05, 4.69) is 0 Å². The van der Waals surface area contributed by atoms with Crippen molar-refractivity contribution in [2.75, 3.05) is 20.7 Å². The number of ketones is 1. The molecule has 0 bridgehead atoms. The molecule has 1 fully saturated rings. The van der Waals surface area contributed by atoms with E-state index < -0.39 is 6.29 Å². The summed E-state index contributed by atoms with van der Waals surface area (Å²) in [6, 6.07) is 12.7. The van der Waals surface area contributed by atoms with Gasteiger partial charge in [0.25, 0.3) is 0 Å². The molecule has 154 valence electrons. The Morgan fingerprint density at radius 1 is 1.21 bits per heavy atom. The van der Waals surface area contributed by atoms with Gasteiger partial charge in [-0.3, -0.25) is 4.79 Å². The number of carbonyl (C=O) groups is 1. The van der Waals surface area contributed by atoms with E-state index in [0.29, 0.717) is 24.7 Å². The van der Waals surface area contributed by atoms with Gasteiger partial charge in [-0.2, -0.15) is 0 Å². The molecule has 1 aliphatic rings. The zero-order valence-electron chi connectivity index (χ0n) is 16.8. The molecule has 1 saturated heterocycles. The van der Waals surface area contributed by atoms with Gasteiger partial charge >= 0.3 is 0 Å². The molecule has 0 aliphatic carbocycles. The van der Waals surface area contributed by atoms with Crippen LogP contribution in [0.25, 0.3) is 0 Å². The van der Waals surface area contributed by atoms with E-state index in [1.807, 2.05) is 44.4 Å². The molecule has 29 heavy (non-hydrogen) atoms. The second kappa shape index (κ2) is 9.98. The van der Waals surface area contributed by atoms with Crippen LogP contribution >= 0.6 is 0 Å². The summed E-state index contributed by atoms with van der Waals surface area (Å²) < 4.78 is 17.6. The number of benzene rings is 2. The first-order chi connectivity index (χ1) is 14.0. The summed E-state index contributed by atoms with van der Waals surface area (Å²) in [4.78, 5) is 14.3. The van der Waals surface area contributed by atoms with Crippen LogP contribution in [0.4, 0.5) is 0 Å². The van der Waals surface area contributed by atoms with Crippen LogP contribution in [0, 0.1) is 0 Å². The van der Waals surface area contributed by atoms with Gasteiger partial charge in [-0.15, -0.1) is 0 Å². The van der Waals surface area contributed by atoms with Gasteiger partial charge in [-0.1, -0.05) is 30.3 Å². The summed E-state index contributed by atoms with van der Waals surface area (Å²) in [5.74, 6) is 0.277. The summed E-state index contributed by atoms with van der Waals surface area (Å²) in [5, 5.41) is 10.4. The van der Waals surface area contributed by atoms with Crippen LogP contribution < -0.4 is 9.47 Å². The SMILES string of the molecule is CN(C)/C=C/C(=O)c1cc(OC2CCCCO2)c(OCc2ccccc2)cc1O. The number of hydrogen-bond donors (Lipinski definition) is 1. The van der Waals surface area contributed by atoms with Crippen molar-refractivity contribution >= 4 is 5.78 Å². The van der Waals surface area contributed by atoms with Crippen molar-refractivity contribution in [3.8, 4) is 17.2 Å². The van der Waals surface area contributed by atoms with Crippen LogP contribution in [0.2, 0.25) is 0 Å². The molecule has 6 nitrogen and oxygen atoms in total. The van der Waals surface area contributed by atoms with Crippen LogP contribution in [0.3, 0.4) is 0 Å². The molecule has 2 aromatic rings. The number of aromatic hydroxyl groups is 1. The number of ether oxygens (including phenoxy) is 3. The van der Waals surface area contributed by atoms with Crippen molar-refractivity contribution in [2.24, 2.45) is 0 Å². The Morgan fingerprint density at radius 3 is 2.69 bits per heavy atom. The maximum Gasteiger partial charge on any atom is 0.200 e. The number of allylic oxidation sites excluding steroid dienone is 1. The summed E-state index contributed by atoms with van der Waals surface area (Å²) in [6.45, 7) is 0.955. The van der Waals surface area contributed by atoms with E-state index in [1.165, 1.54) is 18.2 Å². The van der Waals surface area contributed by atoms with E-state index in [1.54, 1.807) is 11.1 Å². The lowest BCUT2D eigenvalue weighted by Crippen LogP contribution is -2.25. The van der Waals surface area contributed by atoms with Crippen molar-refractivity contribution < 1.29 is 24.1 Å². The zero-order valence-corrected chi connectivity index (χ0v) is 16.8. The molecule has 1 atom stereocenters. The van der Waals surface area contributed by atoms with Crippen molar-refractivity contribution in [1.29, 1.82) is 0 Å². The fraction of sp³-hybridized carbons (Fsp3) is 0.348. The molecule has 0 saturated carbocycles. The number of rotatable bonds is 8. The van der Waals surface area contributed by atoms with Gasteiger partial charge in [0, 0.05) is 38.9 Å². The van der Waals surface area contributed by atoms with Crippen molar-refractivity contribution in [1.82, 2.24) is 4.90 Å². The summed E-state index contributed by atoms with van der Waals surface area (Å²) in [7, 11) is 3.64. The molecule has 0 amide bonds. The van der Waals surface area contributed by atoms with Gasteiger partial charge in [-0.25, -0.2) is 0 Å². The highest BCUT2D eigenvalue weighted by Crippen LogP contribution is 2.37. The second-order valence-electron chi connectivity index (χ2n) is 7.15. The first kappa shape index (κ1) is 20.7. The average molecular weight is 397 g/mol. The third kappa shape index (κ3) is 5.99. The van der Waals surface area contributed by atoms with Crippen LogP contribution in [0.1, 0.15) is 35.2 Å². The fourth-order valence-corrected chi connectivity index (χ4v) is 2.94. The quantitative estimate of drug-likeness (QED) is 0.533. The molecule has 6 heteroatoms. The first-order valence-electron chi connectivity index (χ1n) is 9.74. The molecule has 0 aromatic heterocycles. The maximum atomic E-state index is 12.5. The van der Waals surface area contributed by atoms with E-state index in [9.17, 15) is 9.90 Å². The number of nitrogens with zero attached hydrogens (tertiary/aromatic N) is 1. The third-order valence-corrected chi connectivity index (χ3v) is 4.49. The fourth-order valence-electron chi connectivity index (χ4n) is 2.94. The minimum Gasteiger partial charge on any atom is -0.507 e. The molecule has 1 aliphatic heterocycles. The molecule has 0 spiro atoms. The van der Waals surface area contributed by atoms with Crippen LogP contribution in [0.15, 0.2) is 54.7 Å². The van der Waals surface area contributed by atoms with E-state index in [-0.39, 0.29) is 17.1 Å². The Balaban J connectivity index is 1.86. The molecule has 0 radical (unpaired) electrons. The highest BCUT2D eigenvalue weighted by molar-refractivity contribution is 6.06. The number of carbonyl (C=O) groups excluding carboxylic acids is 1. The molecular weight excluding hydrogens is 370 g/mol. The van der Waals surface area contributed by atoms with Crippen molar-refractivity contribution in [2.45, 2.75) is 32.2 Å². The number of hydrogen-bond acceptors (Lipinski definition) is 6. The van der Waals surface area contributed by atoms with Gasteiger partial charge in [0.05, 0.1) is 12.2 Å². The average Bonchev–Trinajstić information content (AvgIpc) is 2.73. The topological polar surface area (TPSA) is 68.2 Å². The Kier molecular flexibility index (Phi) is 7.14. The first-order valence-corrected chi connectivity index (χ1v) is 9.74. The lowest BCUT2D eigenvalue weighted by atomic mass is 10.1.